The van der Waals surface area contributed by atoms with E-state index in [-0.39, 0.29) is 26.1 Å². The summed E-state index contributed by atoms with van der Waals surface area (Å²) >= 11 is 0. The van der Waals surface area contributed by atoms with E-state index in [1.807, 2.05) is 21.1 Å². The number of ether oxygens (including phenoxy) is 2. The van der Waals surface area contributed by atoms with E-state index in [0.717, 1.165) is 57.8 Å². The fourth-order valence-electron chi connectivity index (χ4n) is 6.50. The van der Waals surface area contributed by atoms with Crippen molar-refractivity contribution in [2.75, 3.05) is 47.5 Å². The van der Waals surface area contributed by atoms with Crippen LogP contribution in [0.3, 0.4) is 0 Å². The van der Waals surface area contributed by atoms with Crippen LogP contribution in [0, 0.1) is 0 Å². The molecule has 0 N–H and O–H groups in total. The first-order valence-corrected chi connectivity index (χ1v) is 25.0. The van der Waals surface area contributed by atoms with Crippen LogP contribution in [0.1, 0.15) is 213 Å². The minimum Gasteiger partial charge on any atom is -0.756 e. The molecule has 0 heterocycles. The third-order valence-electron chi connectivity index (χ3n) is 10.2. The molecule has 9 nitrogen and oxygen atoms in total. The quantitative estimate of drug-likeness (QED) is 0.0196. The summed E-state index contributed by atoms with van der Waals surface area (Å²) in [5.41, 5.74) is 0. The lowest BCUT2D eigenvalue weighted by atomic mass is 10.0. The number of hydrogen-bond acceptors (Lipinski definition) is 8. The summed E-state index contributed by atoms with van der Waals surface area (Å²) in [6.07, 6.45) is 43.4. The molecular weight excluding hydrogens is 737 g/mol. The van der Waals surface area contributed by atoms with Crippen LogP contribution in [0.15, 0.2) is 24.3 Å². The topological polar surface area (TPSA) is 111 Å². The zero-order valence-electron chi connectivity index (χ0n) is 37.8. The van der Waals surface area contributed by atoms with Crippen molar-refractivity contribution >= 4 is 19.8 Å². The van der Waals surface area contributed by atoms with E-state index in [4.69, 9.17) is 18.5 Å². The molecule has 0 aliphatic rings. The predicted octanol–water partition coefficient (Wildman–Crippen LogP) is 12.9. The Labute approximate surface area is 351 Å². The molecule has 0 saturated heterocycles. The molecular formula is C47H90NO8P. The molecule has 2 atom stereocenters. The first-order chi connectivity index (χ1) is 27.5. The molecule has 336 valence electrons. The van der Waals surface area contributed by atoms with Crippen LogP contribution in [0.4, 0.5) is 0 Å². The zero-order chi connectivity index (χ0) is 42.1. The molecule has 0 saturated carbocycles. The fourth-order valence-corrected chi connectivity index (χ4v) is 7.22. The summed E-state index contributed by atoms with van der Waals surface area (Å²) in [5, 5.41) is 0. The van der Waals surface area contributed by atoms with Crippen molar-refractivity contribution in [1.29, 1.82) is 0 Å². The highest BCUT2D eigenvalue weighted by molar-refractivity contribution is 7.45. The van der Waals surface area contributed by atoms with Crippen LogP contribution in [0.25, 0.3) is 0 Å². The number of esters is 2. The number of quaternary nitrogens is 1. The van der Waals surface area contributed by atoms with Crippen LogP contribution in [0.5, 0.6) is 0 Å². The Morgan fingerprint density at radius 3 is 1.44 bits per heavy atom. The number of hydrogen-bond donors (Lipinski definition) is 0. The van der Waals surface area contributed by atoms with Crippen molar-refractivity contribution in [3.8, 4) is 0 Å². The summed E-state index contributed by atoms with van der Waals surface area (Å²) in [4.78, 5) is 37.6. The van der Waals surface area contributed by atoms with Crippen molar-refractivity contribution in [2.24, 2.45) is 0 Å². The molecule has 0 fully saturated rings. The zero-order valence-corrected chi connectivity index (χ0v) is 38.7. The van der Waals surface area contributed by atoms with E-state index in [0.29, 0.717) is 23.9 Å². The minimum absolute atomic E-state index is 0.0311. The average Bonchev–Trinajstić information content (AvgIpc) is 3.16. The van der Waals surface area contributed by atoms with Gasteiger partial charge in [0.25, 0.3) is 7.82 Å². The lowest BCUT2D eigenvalue weighted by molar-refractivity contribution is -0.870. The second-order valence-corrected chi connectivity index (χ2v) is 18.5. The van der Waals surface area contributed by atoms with Crippen LogP contribution in [-0.2, 0) is 32.7 Å². The molecule has 0 aliphatic carbocycles. The molecule has 0 aliphatic heterocycles. The minimum atomic E-state index is -4.63. The molecule has 0 rings (SSSR count). The van der Waals surface area contributed by atoms with E-state index < -0.39 is 32.5 Å². The van der Waals surface area contributed by atoms with Gasteiger partial charge in [-0.05, 0) is 38.5 Å². The summed E-state index contributed by atoms with van der Waals surface area (Å²) in [6, 6.07) is 0. The molecule has 0 aromatic carbocycles. The van der Waals surface area contributed by atoms with Gasteiger partial charge in [-0.2, -0.15) is 0 Å². The lowest BCUT2D eigenvalue weighted by Crippen LogP contribution is -2.37. The Kier molecular flexibility index (Phi) is 38.9. The molecule has 0 bridgehead atoms. The Morgan fingerprint density at radius 2 is 0.965 bits per heavy atom. The van der Waals surface area contributed by atoms with Gasteiger partial charge in [-0.25, -0.2) is 0 Å². The van der Waals surface area contributed by atoms with Gasteiger partial charge in [0.2, 0.25) is 0 Å². The average molecular weight is 828 g/mol. The first-order valence-electron chi connectivity index (χ1n) is 23.5. The molecule has 1 unspecified atom stereocenters. The van der Waals surface area contributed by atoms with Crippen molar-refractivity contribution < 1.29 is 42.1 Å². The largest absolute Gasteiger partial charge is 0.756 e. The third kappa shape index (κ3) is 43.9. The third-order valence-corrected chi connectivity index (χ3v) is 11.2. The highest BCUT2D eigenvalue weighted by atomic mass is 31.2. The standard InChI is InChI=1S/C47H90NO8P/c1-6-8-10-12-14-16-18-20-22-23-24-25-26-28-30-32-34-36-38-40-47(50)56-45(44-55-57(51,52)54-42-41-48(3,4)5)43-53-46(49)39-37-35-33-31-29-27-21-19-17-15-13-11-9-7-2/h13,15,19,21,45H,6-12,14,16-18,20,22-44H2,1-5H3/b15-13+,21-19+/t45-/m1/s1. The van der Waals surface area contributed by atoms with Gasteiger partial charge < -0.3 is 27.9 Å². The SMILES string of the molecule is CCCC/C=C/C/C=C/CCCCCCCC(=O)OC[C@H](COP(=O)([O-])OCC[N+](C)(C)C)OC(=O)CCCCCCCCCCCCCCCCCCCCC. The van der Waals surface area contributed by atoms with Crippen molar-refractivity contribution in [3.63, 3.8) is 0 Å². The Hall–Kier alpha value is -1.51. The van der Waals surface area contributed by atoms with Gasteiger partial charge in [0, 0.05) is 12.8 Å². The van der Waals surface area contributed by atoms with Crippen molar-refractivity contribution in [2.45, 2.75) is 219 Å². The molecule has 57 heavy (non-hydrogen) atoms. The summed E-state index contributed by atoms with van der Waals surface area (Å²) < 4.78 is 33.9. The number of phosphoric ester groups is 1. The fraction of sp³-hybridized carbons (Fsp3) is 0.872. The molecule has 0 spiro atoms. The second-order valence-electron chi connectivity index (χ2n) is 17.1. The number of carbonyl (C=O) groups is 2. The summed E-state index contributed by atoms with van der Waals surface area (Å²) in [7, 11) is 1.16. The van der Waals surface area contributed by atoms with Gasteiger partial charge in [-0.3, -0.25) is 14.2 Å². The van der Waals surface area contributed by atoms with Gasteiger partial charge in [0.1, 0.15) is 19.8 Å². The van der Waals surface area contributed by atoms with Crippen LogP contribution in [-0.4, -0.2) is 70.0 Å². The van der Waals surface area contributed by atoms with Crippen LogP contribution < -0.4 is 4.89 Å². The monoisotopic (exact) mass is 828 g/mol. The first kappa shape index (κ1) is 55.5. The van der Waals surface area contributed by atoms with Crippen LogP contribution in [0.2, 0.25) is 0 Å². The predicted molar refractivity (Wildman–Crippen MR) is 236 cm³/mol. The van der Waals surface area contributed by atoms with Gasteiger partial charge in [-0.15, -0.1) is 0 Å². The number of nitrogens with zero attached hydrogens (tertiary/aromatic N) is 1. The highest BCUT2D eigenvalue weighted by Crippen LogP contribution is 2.38. The maximum Gasteiger partial charge on any atom is 0.306 e. The number of unbranched alkanes of at least 4 members (excludes halogenated alkanes) is 25. The maximum absolute atomic E-state index is 12.7. The summed E-state index contributed by atoms with van der Waals surface area (Å²) in [5.74, 6) is -0.842. The van der Waals surface area contributed by atoms with E-state index in [9.17, 15) is 19.0 Å². The van der Waals surface area contributed by atoms with Crippen molar-refractivity contribution in [1.82, 2.24) is 0 Å². The van der Waals surface area contributed by atoms with Gasteiger partial charge in [-0.1, -0.05) is 186 Å². The molecule has 0 radical (unpaired) electrons. The molecule has 0 aromatic rings. The van der Waals surface area contributed by atoms with Crippen molar-refractivity contribution in [3.05, 3.63) is 24.3 Å². The van der Waals surface area contributed by atoms with E-state index >= 15 is 0 Å². The number of carbonyl (C=O) groups excluding carboxylic acids is 2. The molecule has 0 amide bonds. The number of phosphoric acid groups is 1. The molecule has 0 aromatic heterocycles. The Morgan fingerprint density at radius 1 is 0.544 bits per heavy atom. The highest BCUT2D eigenvalue weighted by Gasteiger charge is 2.21. The normalized spacial score (nSPS) is 13.7. The van der Waals surface area contributed by atoms with E-state index in [1.165, 1.54) is 116 Å². The van der Waals surface area contributed by atoms with Crippen LogP contribution >= 0.6 is 7.82 Å². The number of rotatable bonds is 43. The smallest absolute Gasteiger partial charge is 0.306 e. The number of likely N-dealkylation sites (N-methyl/N-ethyl adjacent to an activating group) is 1. The number of allylic oxidation sites excluding steroid dienone is 4. The second kappa shape index (κ2) is 39.9. The maximum atomic E-state index is 12.7. The lowest BCUT2D eigenvalue weighted by Gasteiger charge is -2.28. The van der Waals surface area contributed by atoms with Gasteiger partial charge >= 0.3 is 11.9 Å². The summed E-state index contributed by atoms with van der Waals surface area (Å²) in [6.45, 7) is 4.20. The van der Waals surface area contributed by atoms with Gasteiger partial charge in [0.15, 0.2) is 6.10 Å². The Bertz CT molecular complexity index is 1030. The Balaban J connectivity index is 4.29. The molecule has 10 heteroatoms. The van der Waals surface area contributed by atoms with E-state index in [1.54, 1.807) is 0 Å². The van der Waals surface area contributed by atoms with Gasteiger partial charge in [0.05, 0.1) is 27.7 Å². The van der Waals surface area contributed by atoms with E-state index in [2.05, 4.69) is 38.2 Å².